The highest BCUT2D eigenvalue weighted by Crippen LogP contribution is 2.21. The smallest absolute Gasteiger partial charge is 0.270 e. The van der Waals surface area contributed by atoms with E-state index in [-0.39, 0.29) is 23.5 Å². The van der Waals surface area contributed by atoms with Crippen LogP contribution in [0.4, 0.5) is 14.7 Å². The Morgan fingerprint density at radius 3 is 2.50 bits per heavy atom. The van der Waals surface area contributed by atoms with Crippen molar-refractivity contribution in [3.05, 3.63) is 46.4 Å². The van der Waals surface area contributed by atoms with E-state index in [2.05, 4.69) is 20.3 Å². The first-order valence-corrected chi connectivity index (χ1v) is 9.30. The molecule has 11 heteroatoms. The number of thioether (sulfide) groups is 1. The average Bonchev–Trinajstić information content (AvgIpc) is 2.70. The van der Waals surface area contributed by atoms with Crippen molar-refractivity contribution in [1.29, 1.82) is 0 Å². The lowest BCUT2D eigenvalue weighted by Gasteiger charge is -2.18. The summed E-state index contributed by atoms with van der Waals surface area (Å²) in [7, 11) is 2.87. The van der Waals surface area contributed by atoms with Gasteiger partial charge in [0.1, 0.15) is 22.7 Å². The normalized spacial score (nSPS) is 11.4. The summed E-state index contributed by atoms with van der Waals surface area (Å²) < 4.78 is 39.8. The Balaban J connectivity index is 2.25. The van der Waals surface area contributed by atoms with Crippen LogP contribution in [-0.2, 0) is 9.47 Å². The van der Waals surface area contributed by atoms with Crippen molar-refractivity contribution in [1.82, 2.24) is 19.5 Å². The second-order valence-corrected chi connectivity index (χ2v) is 6.30. The lowest BCUT2D eigenvalue weighted by Crippen LogP contribution is -2.30. The van der Waals surface area contributed by atoms with Gasteiger partial charge in [-0.3, -0.25) is 4.79 Å². The van der Waals surface area contributed by atoms with Gasteiger partial charge >= 0.3 is 0 Å². The van der Waals surface area contributed by atoms with Gasteiger partial charge in [0.15, 0.2) is 17.1 Å². The van der Waals surface area contributed by atoms with Gasteiger partial charge in [-0.15, -0.1) is 0 Å². The van der Waals surface area contributed by atoms with Crippen LogP contribution in [0.15, 0.2) is 34.3 Å². The summed E-state index contributed by atoms with van der Waals surface area (Å²) in [4.78, 5) is 25.6. The number of rotatable bonds is 7. The molecule has 0 fully saturated rings. The maximum Gasteiger partial charge on any atom is 0.270 e. The van der Waals surface area contributed by atoms with Crippen LogP contribution in [0.3, 0.4) is 0 Å². The predicted molar refractivity (Wildman–Crippen MR) is 101 cm³/mol. The zero-order chi connectivity index (χ0) is 20.3. The Morgan fingerprint density at radius 1 is 1.21 bits per heavy atom. The molecule has 0 aliphatic carbocycles. The van der Waals surface area contributed by atoms with Crippen molar-refractivity contribution in [2.45, 2.75) is 11.4 Å². The van der Waals surface area contributed by atoms with Gasteiger partial charge in [-0.2, -0.15) is 4.98 Å². The standard InChI is InChI=1S/C17H17F2N5O3S/c1-26-12(27-2)8-20-16-22-14-9(7-21-17(23-14)28-3)15(25)24(16)13-10(18)5-4-6-11(13)19/h4-7,12H,8H2,1-3H3,(H,20,21,22,23). The van der Waals surface area contributed by atoms with Crippen LogP contribution in [0.2, 0.25) is 0 Å². The number of nitrogens with zero attached hydrogens (tertiary/aromatic N) is 4. The molecule has 28 heavy (non-hydrogen) atoms. The number of halogens is 2. The van der Waals surface area contributed by atoms with E-state index in [4.69, 9.17) is 9.47 Å². The van der Waals surface area contributed by atoms with Crippen molar-refractivity contribution < 1.29 is 18.3 Å². The molecule has 1 N–H and O–H groups in total. The zero-order valence-corrected chi connectivity index (χ0v) is 16.1. The third kappa shape index (κ3) is 3.81. The summed E-state index contributed by atoms with van der Waals surface area (Å²) in [6.45, 7) is 0.0709. The van der Waals surface area contributed by atoms with Gasteiger partial charge in [-0.1, -0.05) is 17.8 Å². The van der Waals surface area contributed by atoms with Crippen LogP contribution >= 0.6 is 11.8 Å². The van der Waals surface area contributed by atoms with Gasteiger partial charge in [0.25, 0.3) is 5.56 Å². The van der Waals surface area contributed by atoms with Gasteiger partial charge in [0.05, 0.1) is 6.54 Å². The SMILES string of the molecule is COC(CNc1nc2nc(SC)ncc2c(=O)n1-c1c(F)cccc1F)OC. The van der Waals surface area contributed by atoms with Crippen LogP contribution in [0, 0.1) is 11.6 Å². The van der Waals surface area contributed by atoms with E-state index in [1.807, 2.05) is 0 Å². The monoisotopic (exact) mass is 409 g/mol. The zero-order valence-electron chi connectivity index (χ0n) is 15.3. The van der Waals surface area contributed by atoms with Crippen molar-refractivity contribution in [2.75, 3.05) is 32.3 Å². The Bertz CT molecular complexity index is 1040. The van der Waals surface area contributed by atoms with Crippen LogP contribution in [-0.4, -0.2) is 52.8 Å². The molecule has 0 aliphatic heterocycles. The largest absolute Gasteiger partial charge is 0.354 e. The fourth-order valence-electron chi connectivity index (χ4n) is 2.52. The number of methoxy groups -OCH3 is 2. The summed E-state index contributed by atoms with van der Waals surface area (Å²) in [5.74, 6) is -1.93. The van der Waals surface area contributed by atoms with Crippen molar-refractivity contribution in [3.63, 3.8) is 0 Å². The molecule has 3 rings (SSSR count). The molecule has 0 atom stereocenters. The topological polar surface area (TPSA) is 91.2 Å². The molecule has 0 radical (unpaired) electrons. The highest BCUT2D eigenvalue weighted by atomic mass is 32.2. The van der Waals surface area contributed by atoms with Crippen LogP contribution in [0.5, 0.6) is 0 Å². The molecule has 1 aromatic carbocycles. The Morgan fingerprint density at radius 2 is 1.89 bits per heavy atom. The minimum Gasteiger partial charge on any atom is -0.354 e. The molecule has 0 unspecified atom stereocenters. The van der Waals surface area contributed by atoms with Crippen molar-refractivity contribution in [2.24, 2.45) is 0 Å². The number of nitrogens with one attached hydrogen (secondary N) is 1. The Hall–Kier alpha value is -2.63. The third-order valence-electron chi connectivity index (χ3n) is 3.90. The summed E-state index contributed by atoms with van der Waals surface area (Å²) in [6, 6.07) is 3.32. The number of hydrogen-bond donors (Lipinski definition) is 1. The first-order chi connectivity index (χ1) is 13.5. The first-order valence-electron chi connectivity index (χ1n) is 8.07. The molecule has 3 aromatic rings. The van der Waals surface area contributed by atoms with Crippen molar-refractivity contribution in [3.8, 4) is 5.69 Å². The number of anilines is 1. The van der Waals surface area contributed by atoms with E-state index < -0.39 is 29.2 Å². The van der Waals surface area contributed by atoms with E-state index in [0.717, 1.165) is 16.7 Å². The quantitative estimate of drug-likeness (QED) is 0.361. The second-order valence-electron chi connectivity index (χ2n) is 5.52. The van der Waals surface area contributed by atoms with Gasteiger partial charge < -0.3 is 14.8 Å². The first kappa shape index (κ1) is 20.1. The lowest BCUT2D eigenvalue weighted by molar-refractivity contribution is -0.0915. The lowest BCUT2D eigenvalue weighted by atomic mass is 10.2. The molecule has 148 valence electrons. The van der Waals surface area contributed by atoms with Gasteiger partial charge in [-0.05, 0) is 18.4 Å². The van der Waals surface area contributed by atoms with Gasteiger partial charge in [-0.25, -0.2) is 23.3 Å². The summed E-state index contributed by atoms with van der Waals surface area (Å²) in [6.07, 6.45) is 2.40. The van der Waals surface area contributed by atoms with E-state index >= 15 is 0 Å². The molecular formula is C17H17F2N5O3S. The molecule has 0 spiro atoms. The van der Waals surface area contributed by atoms with E-state index in [9.17, 15) is 13.6 Å². The van der Waals surface area contributed by atoms with Crippen LogP contribution in [0.25, 0.3) is 16.7 Å². The molecule has 0 saturated heterocycles. The molecule has 2 heterocycles. The number of benzene rings is 1. The number of hydrogen-bond acceptors (Lipinski definition) is 8. The third-order valence-corrected chi connectivity index (χ3v) is 4.46. The maximum absolute atomic E-state index is 14.4. The second kappa shape index (κ2) is 8.59. The molecule has 8 nitrogen and oxygen atoms in total. The minimum absolute atomic E-state index is 0.0287. The number of ether oxygens (including phenoxy) is 2. The Labute approximate surface area is 162 Å². The fourth-order valence-corrected chi connectivity index (χ4v) is 2.86. The van der Waals surface area contributed by atoms with E-state index in [1.54, 1.807) is 6.26 Å². The Kier molecular flexibility index (Phi) is 6.17. The summed E-state index contributed by atoms with van der Waals surface area (Å²) >= 11 is 1.27. The maximum atomic E-state index is 14.4. The highest BCUT2D eigenvalue weighted by molar-refractivity contribution is 7.98. The van der Waals surface area contributed by atoms with Crippen LogP contribution in [0.1, 0.15) is 0 Å². The fraction of sp³-hybridized carbons (Fsp3) is 0.294. The molecule has 0 bridgehead atoms. The molecule has 0 amide bonds. The minimum atomic E-state index is -0.914. The highest BCUT2D eigenvalue weighted by Gasteiger charge is 2.21. The number of para-hydroxylation sites is 1. The molecule has 2 aromatic heterocycles. The van der Waals surface area contributed by atoms with Gasteiger partial charge in [0.2, 0.25) is 5.95 Å². The molecule has 0 aliphatic rings. The molecular weight excluding hydrogens is 392 g/mol. The molecule has 0 saturated carbocycles. The summed E-state index contributed by atoms with van der Waals surface area (Å²) in [5, 5.41) is 3.28. The predicted octanol–water partition coefficient (Wildman–Crippen LogP) is 2.21. The van der Waals surface area contributed by atoms with Crippen molar-refractivity contribution >= 4 is 28.7 Å². The number of aromatic nitrogens is 4. The van der Waals surface area contributed by atoms with E-state index in [1.165, 1.54) is 38.2 Å². The van der Waals surface area contributed by atoms with Gasteiger partial charge in [0, 0.05) is 20.4 Å². The average molecular weight is 409 g/mol. The number of fused-ring (bicyclic) bond motifs is 1. The summed E-state index contributed by atoms with van der Waals surface area (Å²) in [5.41, 5.74) is -1.16. The van der Waals surface area contributed by atoms with Crippen LogP contribution < -0.4 is 10.9 Å². The van der Waals surface area contributed by atoms with E-state index in [0.29, 0.717) is 5.16 Å².